The summed E-state index contributed by atoms with van der Waals surface area (Å²) in [5.74, 6) is 0.312. The average Bonchev–Trinajstić information content (AvgIpc) is 3.08. The lowest BCUT2D eigenvalue weighted by Crippen LogP contribution is -2.18. The molecule has 1 aromatic heterocycles. The first kappa shape index (κ1) is 20.5. The highest BCUT2D eigenvalue weighted by Gasteiger charge is 2.30. The third-order valence-corrected chi connectivity index (χ3v) is 4.35. The van der Waals surface area contributed by atoms with Gasteiger partial charge in [-0.2, -0.15) is 0 Å². The zero-order valence-corrected chi connectivity index (χ0v) is 15.8. The van der Waals surface area contributed by atoms with E-state index in [2.05, 4.69) is 9.82 Å². The number of rotatable bonds is 7. The van der Waals surface area contributed by atoms with E-state index in [4.69, 9.17) is 36.2 Å². The van der Waals surface area contributed by atoms with Gasteiger partial charge in [0.25, 0.3) is 0 Å². The zero-order chi connectivity index (χ0) is 20.1. The number of pyridine rings is 1. The minimum atomic E-state index is -0.891. The van der Waals surface area contributed by atoms with Crippen LogP contribution >= 0.6 is 11.6 Å². The second-order valence-electron chi connectivity index (χ2n) is 5.99. The quantitative estimate of drug-likeness (QED) is 0.402. The fourth-order valence-electron chi connectivity index (χ4n) is 2.81. The Bertz CT molecular complexity index is 829. The topological polar surface area (TPSA) is 111 Å². The second kappa shape index (κ2) is 9.28. The largest absolute Gasteiger partial charge is 0.513 e. The van der Waals surface area contributed by atoms with Gasteiger partial charge in [-0.3, -0.25) is 20.2 Å². The number of benzene rings is 1. The second-order valence-corrected chi connectivity index (χ2v) is 6.43. The number of carbonyl (C=O) groups is 1. The van der Waals surface area contributed by atoms with Crippen molar-refractivity contribution >= 4 is 17.8 Å². The normalized spacial score (nSPS) is 15.5. The molecule has 0 bridgehead atoms. The van der Waals surface area contributed by atoms with Gasteiger partial charge in [0.15, 0.2) is 5.75 Å². The Morgan fingerprint density at radius 2 is 2.07 bits per heavy atom. The number of aryl methyl sites for hydroxylation is 1. The van der Waals surface area contributed by atoms with Crippen LogP contribution in [-0.4, -0.2) is 40.2 Å². The molecule has 1 aliphatic heterocycles. The van der Waals surface area contributed by atoms with E-state index in [1.165, 1.54) is 0 Å². The lowest BCUT2D eigenvalue weighted by atomic mass is 10.0. The smallest absolute Gasteiger partial charge is 0.434 e. The molecule has 28 heavy (non-hydrogen) atoms. The Morgan fingerprint density at radius 3 is 2.79 bits per heavy atom. The Hall–Kier alpha value is -2.27. The summed E-state index contributed by atoms with van der Waals surface area (Å²) in [7, 11) is 0. The number of hydrogen-bond donors (Lipinski definition) is 2. The molecular weight excluding hydrogens is 392 g/mol. The highest BCUT2D eigenvalue weighted by atomic mass is 35.5. The zero-order valence-electron chi connectivity index (χ0n) is 15.0. The number of carbonyl (C=O) groups excluding carboxylic acids is 1. The third kappa shape index (κ3) is 4.96. The van der Waals surface area contributed by atoms with Gasteiger partial charge in [-0.25, -0.2) is 4.79 Å². The number of fused-ring (bicyclic) bond motifs is 1. The Morgan fingerprint density at radius 1 is 1.32 bits per heavy atom. The SMILES string of the molecule is Cc1ncc2c(c1OC(=O)OCCCON(O)O)COC2c1ccc(Cl)cc1. The van der Waals surface area contributed by atoms with Crippen molar-refractivity contribution in [1.29, 1.82) is 0 Å². The van der Waals surface area contributed by atoms with Crippen molar-refractivity contribution in [1.82, 2.24) is 10.4 Å². The van der Waals surface area contributed by atoms with Crippen molar-refractivity contribution in [2.75, 3.05) is 13.2 Å². The van der Waals surface area contributed by atoms with Gasteiger partial charge < -0.3 is 14.2 Å². The maximum Gasteiger partial charge on any atom is 0.513 e. The van der Waals surface area contributed by atoms with Crippen LogP contribution in [0.3, 0.4) is 0 Å². The molecule has 9 nitrogen and oxygen atoms in total. The Kier molecular flexibility index (Phi) is 6.79. The standard InChI is InChI=1S/C18H19ClN2O7/c1-11-16(28-18(22)25-7-2-8-27-21(23)24)15-10-26-17(14(15)9-20-11)12-3-5-13(19)6-4-12/h3-6,9,17,23-24H,2,7-8,10H2,1H3. The Labute approximate surface area is 165 Å². The molecule has 1 atom stereocenters. The van der Waals surface area contributed by atoms with Gasteiger partial charge in [0, 0.05) is 28.8 Å². The summed E-state index contributed by atoms with van der Waals surface area (Å²) < 4.78 is 16.2. The van der Waals surface area contributed by atoms with E-state index in [9.17, 15) is 4.79 Å². The number of ether oxygens (including phenoxy) is 3. The molecule has 0 saturated carbocycles. The summed E-state index contributed by atoms with van der Waals surface area (Å²) in [5, 5.41) is 17.0. The van der Waals surface area contributed by atoms with Crippen LogP contribution in [0.2, 0.25) is 5.02 Å². The monoisotopic (exact) mass is 410 g/mol. The van der Waals surface area contributed by atoms with E-state index in [0.717, 1.165) is 16.7 Å². The minimum absolute atomic E-state index is 0.0158. The minimum Gasteiger partial charge on any atom is -0.434 e. The molecule has 0 aliphatic carbocycles. The van der Waals surface area contributed by atoms with Crippen LogP contribution in [0.4, 0.5) is 4.79 Å². The molecule has 0 spiro atoms. The average molecular weight is 411 g/mol. The van der Waals surface area contributed by atoms with Gasteiger partial charge in [0.05, 0.1) is 30.9 Å². The van der Waals surface area contributed by atoms with Gasteiger partial charge in [-0.15, -0.1) is 0 Å². The third-order valence-electron chi connectivity index (χ3n) is 4.10. The molecule has 0 radical (unpaired) electrons. The van der Waals surface area contributed by atoms with Crippen molar-refractivity contribution in [3.05, 3.63) is 57.9 Å². The molecule has 10 heteroatoms. The van der Waals surface area contributed by atoms with Gasteiger partial charge in [0.1, 0.15) is 6.10 Å². The first-order chi connectivity index (χ1) is 13.5. The van der Waals surface area contributed by atoms with Crippen LogP contribution in [-0.2, 0) is 20.9 Å². The van der Waals surface area contributed by atoms with Crippen molar-refractivity contribution in [2.45, 2.75) is 26.1 Å². The number of nitrogens with zero attached hydrogens (tertiary/aromatic N) is 2. The molecule has 2 heterocycles. The van der Waals surface area contributed by atoms with Gasteiger partial charge >= 0.3 is 6.16 Å². The van der Waals surface area contributed by atoms with Crippen molar-refractivity contribution in [3.8, 4) is 5.75 Å². The van der Waals surface area contributed by atoms with E-state index >= 15 is 0 Å². The van der Waals surface area contributed by atoms with Crippen molar-refractivity contribution in [2.24, 2.45) is 0 Å². The fraction of sp³-hybridized carbons (Fsp3) is 0.333. The van der Waals surface area contributed by atoms with E-state index in [1.807, 2.05) is 12.1 Å². The van der Waals surface area contributed by atoms with Gasteiger partial charge in [-0.05, 0) is 24.6 Å². The molecule has 1 unspecified atom stereocenters. The molecule has 0 saturated heterocycles. The summed E-state index contributed by atoms with van der Waals surface area (Å²) in [4.78, 5) is 20.6. The lowest BCUT2D eigenvalue weighted by molar-refractivity contribution is -0.492. The van der Waals surface area contributed by atoms with Crippen LogP contribution in [0.15, 0.2) is 30.5 Å². The predicted octanol–water partition coefficient (Wildman–Crippen LogP) is 3.58. The van der Waals surface area contributed by atoms with Crippen LogP contribution in [0, 0.1) is 6.92 Å². The highest BCUT2D eigenvalue weighted by molar-refractivity contribution is 6.30. The molecule has 0 amide bonds. The molecule has 1 aromatic carbocycles. The van der Waals surface area contributed by atoms with E-state index < -0.39 is 11.5 Å². The lowest BCUT2D eigenvalue weighted by Gasteiger charge is -2.13. The maximum atomic E-state index is 12.0. The highest BCUT2D eigenvalue weighted by Crippen LogP contribution is 2.41. The van der Waals surface area contributed by atoms with Gasteiger partial charge in [-0.1, -0.05) is 23.7 Å². The number of aromatic nitrogens is 1. The predicted molar refractivity (Wildman–Crippen MR) is 95.0 cm³/mol. The molecule has 1 aliphatic rings. The van der Waals surface area contributed by atoms with Crippen LogP contribution < -0.4 is 4.74 Å². The molecule has 150 valence electrons. The molecular formula is C18H19ClN2O7. The van der Waals surface area contributed by atoms with Crippen molar-refractivity contribution in [3.63, 3.8) is 0 Å². The first-order valence-electron chi connectivity index (χ1n) is 8.46. The first-order valence-corrected chi connectivity index (χ1v) is 8.84. The summed E-state index contributed by atoms with van der Waals surface area (Å²) in [6.45, 7) is 1.94. The van der Waals surface area contributed by atoms with E-state index in [-0.39, 0.29) is 32.3 Å². The summed E-state index contributed by atoms with van der Waals surface area (Å²) in [6.07, 6.45) is 0.745. The number of halogens is 1. The molecule has 2 N–H and O–H groups in total. The summed E-state index contributed by atoms with van der Waals surface area (Å²) >= 11 is 5.94. The molecule has 3 rings (SSSR count). The molecule has 0 fully saturated rings. The fourth-order valence-corrected chi connectivity index (χ4v) is 2.93. The van der Waals surface area contributed by atoms with Gasteiger partial charge in [0.2, 0.25) is 0 Å². The van der Waals surface area contributed by atoms with Crippen LogP contribution in [0.5, 0.6) is 5.75 Å². The van der Waals surface area contributed by atoms with E-state index in [0.29, 0.717) is 16.5 Å². The maximum absolute atomic E-state index is 12.0. The number of hydrogen-bond acceptors (Lipinski definition) is 9. The Balaban J connectivity index is 1.66. The van der Waals surface area contributed by atoms with Crippen molar-refractivity contribution < 1.29 is 34.3 Å². The summed E-state index contributed by atoms with van der Waals surface area (Å²) in [5.41, 5.74) is 3.01. The summed E-state index contributed by atoms with van der Waals surface area (Å²) in [6, 6.07) is 7.31. The van der Waals surface area contributed by atoms with Crippen LogP contribution in [0.25, 0.3) is 0 Å². The molecule has 2 aromatic rings. The van der Waals surface area contributed by atoms with Crippen LogP contribution in [0.1, 0.15) is 34.9 Å². The van der Waals surface area contributed by atoms with E-state index in [1.54, 1.807) is 25.3 Å².